The number of thiophene rings is 1. The fourth-order valence-electron chi connectivity index (χ4n) is 1.40. The van der Waals surface area contributed by atoms with Gasteiger partial charge in [0.1, 0.15) is 4.88 Å². The molecule has 0 aliphatic heterocycles. The zero-order chi connectivity index (χ0) is 13.8. The van der Waals surface area contributed by atoms with Crippen LogP contribution in [0.15, 0.2) is 40.9 Å². The maximum atomic E-state index is 12.0. The first-order chi connectivity index (χ1) is 9.10. The van der Waals surface area contributed by atoms with E-state index in [4.69, 9.17) is 0 Å². The third-order valence-electron chi connectivity index (χ3n) is 2.32. The number of hydrogen-bond donors (Lipinski definition) is 1. The number of methoxy groups -OCH3 is 1. The molecule has 0 radical (unpaired) electrons. The summed E-state index contributed by atoms with van der Waals surface area (Å²) >= 11 is 4.42. The fraction of sp³-hybridized carbons (Fsp3) is 0.0769. The van der Waals surface area contributed by atoms with Crippen LogP contribution in [0.1, 0.15) is 19.3 Å². The van der Waals surface area contributed by atoms with Gasteiger partial charge < -0.3 is 10.1 Å². The molecule has 1 aromatic heterocycles. The summed E-state index contributed by atoms with van der Waals surface area (Å²) in [7, 11) is 1.31. The lowest BCUT2D eigenvalue weighted by Crippen LogP contribution is -2.09. The fourth-order valence-corrected chi connectivity index (χ4v) is 2.48. The summed E-state index contributed by atoms with van der Waals surface area (Å²) in [6.45, 7) is 0. The number of hydrogen-bond acceptors (Lipinski definition) is 4. The Labute approximate surface area is 122 Å². The van der Waals surface area contributed by atoms with Crippen molar-refractivity contribution in [3.8, 4) is 0 Å². The van der Waals surface area contributed by atoms with Crippen molar-refractivity contribution in [2.75, 3.05) is 12.4 Å². The number of ether oxygens (including phenoxy) is 1. The SMILES string of the molecule is COC(=O)c1ccc(C(=O)Nc2ccc(Br)cc2)s1. The molecule has 0 bridgehead atoms. The number of amides is 1. The molecule has 2 rings (SSSR count). The second-order valence-electron chi connectivity index (χ2n) is 3.62. The van der Waals surface area contributed by atoms with Gasteiger partial charge in [-0.2, -0.15) is 0 Å². The standard InChI is InChI=1S/C13H10BrNO3S/c1-18-13(17)11-7-6-10(19-11)12(16)15-9-4-2-8(14)3-5-9/h2-7H,1H3,(H,15,16). The van der Waals surface area contributed by atoms with Gasteiger partial charge >= 0.3 is 5.97 Å². The van der Waals surface area contributed by atoms with Gasteiger partial charge in [-0.3, -0.25) is 4.79 Å². The van der Waals surface area contributed by atoms with Crippen LogP contribution >= 0.6 is 27.3 Å². The Morgan fingerprint density at radius 1 is 1.11 bits per heavy atom. The van der Waals surface area contributed by atoms with E-state index < -0.39 is 5.97 Å². The van der Waals surface area contributed by atoms with E-state index in [1.165, 1.54) is 7.11 Å². The molecule has 1 amide bonds. The number of nitrogens with one attached hydrogen (secondary N) is 1. The first kappa shape index (κ1) is 13.8. The highest BCUT2D eigenvalue weighted by Crippen LogP contribution is 2.20. The van der Waals surface area contributed by atoms with E-state index >= 15 is 0 Å². The van der Waals surface area contributed by atoms with Gasteiger partial charge in [0.05, 0.1) is 12.0 Å². The van der Waals surface area contributed by atoms with Crippen molar-refractivity contribution in [3.05, 3.63) is 50.6 Å². The van der Waals surface area contributed by atoms with Gasteiger partial charge in [-0.1, -0.05) is 15.9 Å². The molecule has 0 spiro atoms. The van der Waals surface area contributed by atoms with Crippen molar-refractivity contribution in [1.29, 1.82) is 0 Å². The second kappa shape index (κ2) is 5.99. The summed E-state index contributed by atoms with van der Waals surface area (Å²) < 4.78 is 5.53. The largest absolute Gasteiger partial charge is 0.465 e. The number of esters is 1. The second-order valence-corrected chi connectivity index (χ2v) is 5.62. The van der Waals surface area contributed by atoms with Crippen molar-refractivity contribution < 1.29 is 14.3 Å². The van der Waals surface area contributed by atoms with Crippen molar-refractivity contribution in [2.24, 2.45) is 0 Å². The van der Waals surface area contributed by atoms with E-state index in [2.05, 4.69) is 26.0 Å². The summed E-state index contributed by atoms with van der Waals surface area (Å²) in [5.41, 5.74) is 0.696. The zero-order valence-electron chi connectivity index (χ0n) is 9.98. The highest BCUT2D eigenvalue weighted by Gasteiger charge is 2.14. The minimum Gasteiger partial charge on any atom is -0.465 e. The van der Waals surface area contributed by atoms with Crippen LogP contribution in [0.25, 0.3) is 0 Å². The predicted octanol–water partition coefficient (Wildman–Crippen LogP) is 3.55. The minimum atomic E-state index is -0.437. The van der Waals surface area contributed by atoms with Gasteiger partial charge in [0.25, 0.3) is 5.91 Å². The molecule has 0 saturated carbocycles. The average Bonchev–Trinajstić information content (AvgIpc) is 2.90. The van der Waals surface area contributed by atoms with Gasteiger partial charge in [0.2, 0.25) is 0 Å². The van der Waals surface area contributed by atoms with Crippen LogP contribution in [0.2, 0.25) is 0 Å². The molecule has 1 aromatic carbocycles. The van der Waals surface area contributed by atoms with Crippen LogP contribution in [0.3, 0.4) is 0 Å². The highest BCUT2D eigenvalue weighted by atomic mass is 79.9. The quantitative estimate of drug-likeness (QED) is 0.870. The predicted molar refractivity (Wildman–Crippen MR) is 77.8 cm³/mol. The normalized spacial score (nSPS) is 10.0. The number of anilines is 1. The summed E-state index contributed by atoms with van der Waals surface area (Å²) in [5.74, 6) is -0.685. The lowest BCUT2D eigenvalue weighted by molar-refractivity contribution is 0.0606. The van der Waals surface area contributed by atoms with Crippen molar-refractivity contribution in [3.63, 3.8) is 0 Å². The maximum absolute atomic E-state index is 12.0. The Morgan fingerprint density at radius 2 is 1.74 bits per heavy atom. The number of rotatable bonds is 3. The summed E-state index contributed by atoms with van der Waals surface area (Å²) in [6.07, 6.45) is 0. The zero-order valence-corrected chi connectivity index (χ0v) is 12.4. The smallest absolute Gasteiger partial charge is 0.348 e. The minimum absolute atomic E-state index is 0.248. The van der Waals surface area contributed by atoms with Crippen molar-refractivity contribution in [1.82, 2.24) is 0 Å². The molecule has 1 heterocycles. The molecule has 1 N–H and O–H groups in total. The van der Waals surface area contributed by atoms with E-state index in [9.17, 15) is 9.59 Å². The molecule has 0 fully saturated rings. The third-order valence-corrected chi connectivity index (χ3v) is 3.91. The Morgan fingerprint density at radius 3 is 2.37 bits per heavy atom. The average molecular weight is 340 g/mol. The van der Waals surface area contributed by atoms with Gasteiger partial charge in [0, 0.05) is 10.2 Å². The van der Waals surface area contributed by atoms with Crippen LogP contribution in [-0.4, -0.2) is 19.0 Å². The number of benzene rings is 1. The molecule has 0 saturated heterocycles. The maximum Gasteiger partial charge on any atom is 0.348 e. The Bertz CT molecular complexity index is 607. The first-order valence-electron chi connectivity index (χ1n) is 5.35. The van der Waals surface area contributed by atoms with Crippen LogP contribution in [0.4, 0.5) is 5.69 Å². The number of carbonyl (C=O) groups is 2. The van der Waals surface area contributed by atoms with Crippen molar-refractivity contribution >= 4 is 44.8 Å². The van der Waals surface area contributed by atoms with Crippen LogP contribution in [-0.2, 0) is 4.74 Å². The van der Waals surface area contributed by atoms with Crippen molar-refractivity contribution in [2.45, 2.75) is 0 Å². The molecule has 98 valence electrons. The lowest BCUT2D eigenvalue weighted by Gasteiger charge is -2.03. The summed E-state index contributed by atoms with van der Waals surface area (Å²) in [6, 6.07) is 10.4. The molecule has 0 unspecified atom stereocenters. The molecule has 19 heavy (non-hydrogen) atoms. The summed E-state index contributed by atoms with van der Waals surface area (Å²) in [5, 5.41) is 2.75. The van der Waals surface area contributed by atoms with Gasteiger partial charge in [0.15, 0.2) is 0 Å². The molecule has 0 aliphatic rings. The monoisotopic (exact) mass is 339 g/mol. The molecule has 0 atom stereocenters. The molecule has 0 aliphatic carbocycles. The lowest BCUT2D eigenvalue weighted by atomic mass is 10.3. The summed E-state index contributed by atoms with van der Waals surface area (Å²) in [4.78, 5) is 24.1. The first-order valence-corrected chi connectivity index (χ1v) is 6.96. The highest BCUT2D eigenvalue weighted by molar-refractivity contribution is 9.10. The third kappa shape index (κ3) is 3.42. The molecule has 2 aromatic rings. The van der Waals surface area contributed by atoms with Crippen LogP contribution in [0, 0.1) is 0 Å². The van der Waals surface area contributed by atoms with Crippen LogP contribution in [0.5, 0.6) is 0 Å². The van der Waals surface area contributed by atoms with Gasteiger partial charge in [-0.05, 0) is 36.4 Å². The molecular formula is C13H10BrNO3S. The molecule has 4 nitrogen and oxygen atoms in total. The van der Waals surface area contributed by atoms with E-state index in [1.807, 2.05) is 12.1 Å². The Balaban J connectivity index is 2.09. The topological polar surface area (TPSA) is 55.4 Å². The Kier molecular flexibility index (Phi) is 4.34. The molecule has 6 heteroatoms. The number of halogens is 1. The number of carbonyl (C=O) groups excluding carboxylic acids is 2. The van der Waals surface area contributed by atoms with Crippen LogP contribution < -0.4 is 5.32 Å². The van der Waals surface area contributed by atoms with Gasteiger partial charge in [-0.15, -0.1) is 11.3 Å². The van der Waals surface area contributed by atoms with E-state index in [0.717, 1.165) is 15.8 Å². The Hall–Kier alpha value is -1.66. The van der Waals surface area contributed by atoms with E-state index in [0.29, 0.717) is 15.4 Å². The van der Waals surface area contributed by atoms with E-state index in [-0.39, 0.29) is 5.91 Å². The van der Waals surface area contributed by atoms with E-state index in [1.54, 1.807) is 24.3 Å². The van der Waals surface area contributed by atoms with Gasteiger partial charge in [-0.25, -0.2) is 4.79 Å². The molecular weight excluding hydrogens is 330 g/mol.